The molecule has 0 aliphatic rings. The molecule has 0 saturated heterocycles. The highest BCUT2D eigenvalue weighted by Crippen LogP contribution is 2.52. The van der Waals surface area contributed by atoms with Crippen LogP contribution in [0, 0.1) is 27.7 Å². The lowest BCUT2D eigenvalue weighted by molar-refractivity contribution is 0.408. The number of aryl methyl sites for hydroxylation is 4. The Morgan fingerprint density at radius 3 is 1.22 bits per heavy atom. The van der Waals surface area contributed by atoms with Crippen molar-refractivity contribution in [3.63, 3.8) is 0 Å². The Bertz CT molecular complexity index is 689. The molecular formula is C18H22BrO3P. The second-order valence-corrected chi connectivity index (χ2v) is 10.9. The lowest BCUT2D eigenvalue weighted by atomic mass is 10.1. The van der Waals surface area contributed by atoms with Gasteiger partial charge in [0, 0.05) is 10.6 Å². The van der Waals surface area contributed by atoms with Crippen molar-refractivity contribution in [2.75, 3.05) is 14.2 Å². The average Bonchev–Trinajstić information content (AvgIpc) is 2.46. The average molecular weight is 397 g/mol. The first-order valence-electron chi connectivity index (χ1n) is 7.33. The van der Waals surface area contributed by atoms with Crippen LogP contribution in [0.2, 0.25) is 0 Å². The molecule has 3 nitrogen and oxygen atoms in total. The molecule has 124 valence electrons. The minimum Gasteiger partial charge on any atom is -0.496 e. The summed E-state index contributed by atoms with van der Waals surface area (Å²) in [6, 6.07) is 7.71. The van der Waals surface area contributed by atoms with Crippen molar-refractivity contribution in [2.45, 2.75) is 27.7 Å². The maximum Gasteiger partial charge on any atom is 0.203 e. The van der Waals surface area contributed by atoms with Gasteiger partial charge in [0.05, 0.1) is 14.2 Å². The third-order valence-corrected chi connectivity index (χ3v) is 8.26. The second-order valence-electron chi connectivity index (χ2n) is 5.76. The van der Waals surface area contributed by atoms with E-state index >= 15 is 0 Å². The molecule has 0 fully saturated rings. The number of benzene rings is 2. The van der Waals surface area contributed by atoms with Crippen LogP contribution in [-0.2, 0) is 4.57 Å². The van der Waals surface area contributed by atoms with Crippen LogP contribution < -0.4 is 20.1 Å². The van der Waals surface area contributed by atoms with E-state index in [1.165, 1.54) is 0 Å². The summed E-state index contributed by atoms with van der Waals surface area (Å²) in [5.74, 6) is -1.19. The Labute approximate surface area is 146 Å². The molecule has 0 radical (unpaired) electrons. The van der Waals surface area contributed by atoms with Gasteiger partial charge in [-0.1, -0.05) is 0 Å². The van der Waals surface area contributed by atoms with Crippen molar-refractivity contribution < 1.29 is 14.0 Å². The Morgan fingerprint density at radius 2 is 1.00 bits per heavy atom. The SMILES string of the molecule is COc1c(C)cc(P(=O)(Br)c2cc(C)c(OC)c(C)c2)cc1C. The molecule has 0 atom stereocenters. The van der Waals surface area contributed by atoms with Crippen LogP contribution >= 0.6 is 21.3 Å². The molecule has 0 spiro atoms. The van der Waals surface area contributed by atoms with Crippen molar-refractivity contribution in [2.24, 2.45) is 0 Å². The van der Waals surface area contributed by atoms with Crippen molar-refractivity contribution in [3.8, 4) is 11.5 Å². The molecule has 0 aliphatic carbocycles. The molecule has 0 aromatic heterocycles. The second kappa shape index (κ2) is 6.70. The largest absolute Gasteiger partial charge is 0.496 e. The van der Waals surface area contributed by atoms with E-state index in [2.05, 4.69) is 15.5 Å². The highest BCUT2D eigenvalue weighted by atomic mass is 79.9. The van der Waals surface area contributed by atoms with Gasteiger partial charge in [-0.3, -0.25) is 0 Å². The van der Waals surface area contributed by atoms with Crippen LogP contribution in [0.5, 0.6) is 11.5 Å². The predicted molar refractivity (Wildman–Crippen MR) is 101 cm³/mol. The summed E-state index contributed by atoms with van der Waals surface area (Å²) in [6.07, 6.45) is 0. The zero-order chi connectivity index (χ0) is 17.4. The minimum atomic E-state index is -2.86. The molecule has 5 heteroatoms. The third kappa shape index (κ3) is 3.34. The molecule has 2 aromatic carbocycles. The summed E-state index contributed by atoms with van der Waals surface area (Å²) in [4.78, 5) is 0. The lowest BCUT2D eigenvalue weighted by Gasteiger charge is -2.18. The number of rotatable bonds is 4. The van der Waals surface area contributed by atoms with Gasteiger partial charge in [0.15, 0.2) is 0 Å². The zero-order valence-corrected chi connectivity index (χ0v) is 16.8. The highest BCUT2D eigenvalue weighted by molar-refractivity contribution is 9.42. The summed E-state index contributed by atoms with van der Waals surface area (Å²) >= 11 is 3.50. The van der Waals surface area contributed by atoms with Crippen molar-refractivity contribution in [1.82, 2.24) is 0 Å². The first-order valence-corrected chi connectivity index (χ1v) is 11.1. The predicted octanol–water partition coefficient (Wildman–Crippen LogP) is 4.56. The normalized spacial score (nSPS) is 11.4. The number of hydrogen-bond donors (Lipinski definition) is 0. The highest BCUT2D eigenvalue weighted by Gasteiger charge is 2.26. The molecule has 0 bridgehead atoms. The maximum absolute atomic E-state index is 13.5. The molecule has 0 amide bonds. The Balaban J connectivity index is 2.61. The van der Waals surface area contributed by atoms with Crippen molar-refractivity contribution >= 4 is 31.9 Å². The van der Waals surface area contributed by atoms with E-state index < -0.39 is 5.84 Å². The smallest absolute Gasteiger partial charge is 0.203 e. The quantitative estimate of drug-likeness (QED) is 0.710. The fourth-order valence-corrected chi connectivity index (χ4v) is 5.95. The first kappa shape index (κ1) is 18.1. The molecule has 2 rings (SSSR count). The monoisotopic (exact) mass is 396 g/mol. The van der Waals surface area contributed by atoms with Gasteiger partial charge < -0.3 is 14.0 Å². The molecule has 0 unspecified atom stereocenters. The third-order valence-electron chi connectivity index (χ3n) is 3.96. The Hall–Kier alpha value is -1.25. The Morgan fingerprint density at radius 1 is 0.739 bits per heavy atom. The molecule has 0 aliphatic heterocycles. The van der Waals surface area contributed by atoms with Crippen LogP contribution in [0.25, 0.3) is 0 Å². The Kier molecular flexibility index (Phi) is 5.27. The summed E-state index contributed by atoms with van der Waals surface area (Å²) in [7, 11) is 3.30. The van der Waals surface area contributed by atoms with Crippen molar-refractivity contribution in [3.05, 3.63) is 46.5 Å². The van der Waals surface area contributed by atoms with Gasteiger partial charge in [-0.25, -0.2) is 0 Å². The van der Waals surface area contributed by atoms with E-state index in [0.29, 0.717) is 0 Å². The van der Waals surface area contributed by atoms with E-state index in [4.69, 9.17) is 9.47 Å². The molecule has 23 heavy (non-hydrogen) atoms. The number of ether oxygens (including phenoxy) is 2. The maximum atomic E-state index is 13.5. The van der Waals surface area contributed by atoms with Gasteiger partial charge in [0.25, 0.3) is 0 Å². The van der Waals surface area contributed by atoms with E-state index in [1.807, 2.05) is 52.0 Å². The van der Waals surface area contributed by atoms with Crippen LogP contribution in [0.4, 0.5) is 0 Å². The topological polar surface area (TPSA) is 35.5 Å². The number of hydrogen-bond acceptors (Lipinski definition) is 3. The summed E-state index contributed by atoms with van der Waals surface area (Å²) < 4.78 is 24.3. The fraction of sp³-hybridized carbons (Fsp3) is 0.333. The van der Waals surface area contributed by atoms with Gasteiger partial charge >= 0.3 is 0 Å². The number of methoxy groups -OCH3 is 2. The molecule has 0 heterocycles. The summed E-state index contributed by atoms with van der Waals surface area (Å²) in [5.41, 5.74) is 3.90. The van der Waals surface area contributed by atoms with E-state index in [-0.39, 0.29) is 0 Å². The standard InChI is InChI=1S/C18H22BrO3P/c1-11-7-15(8-12(2)17(11)21-5)23(19,20)16-9-13(3)18(22-6)14(4)10-16/h7-10H,1-6H3. The lowest BCUT2D eigenvalue weighted by Crippen LogP contribution is -2.15. The van der Waals surface area contributed by atoms with Crippen LogP contribution in [0.15, 0.2) is 24.3 Å². The van der Waals surface area contributed by atoms with Gasteiger partial charge in [0.1, 0.15) is 11.5 Å². The van der Waals surface area contributed by atoms with E-state index in [1.54, 1.807) is 14.2 Å². The first-order chi connectivity index (χ1) is 10.7. The molecule has 0 saturated carbocycles. The van der Waals surface area contributed by atoms with E-state index in [9.17, 15) is 4.57 Å². The minimum absolute atomic E-state index is 0.775. The molecule has 0 N–H and O–H groups in total. The van der Waals surface area contributed by atoms with Crippen LogP contribution in [-0.4, -0.2) is 14.2 Å². The van der Waals surface area contributed by atoms with Crippen LogP contribution in [0.3, 0.4) is 0 Å². The number of halogens is 1. The fourth-order valence-electron chi connectivity index (χ4n) is 2.98. The summed E-state index contributed by atoms with van der Waals surface area (Å²) in [6.45, 7) is 7.86. The van der Waals surface area contributed by atoms with Gasteiger partial charge in [-0.15, -0.1) is 0 Å². The van der Waals surface area contributed by atoms with E-state index in [0.717, 1.165) is 44.4 Å². The van der Waals surface area contributed by atoms with Gasteiger partial charge in [-0.2, -0.15) is 0 Å². The summed E-state index contributed by atoms with van der Waals surface area (Å²) in [5, 5.41) is 1.55. The van der Waals surface area contributed by atoms with Gasteiger partial charge in [-0.05, 0) is 89.7 Å². The molecule has 2 aromatic rings. The zero-order valence-electron chi connectivity index (χ0n) is 14.4. The molecular weight excluding hydrogens is 375 g/mol. The van der Waals surface area contributed by atoms with Gasteiger partial charge in [0.2, 0.25) is 5.84 Å². The van der Waals surface area contributed by atoms with Crippen LogP contribution in [0.1, 0.15) is 22.3 Å². The van der Waals surface area contributed by atoms with Crippen molar-refractivity contribution in [1.29, 1.82) is 0 Å².